The number of primary amides is 1. The molecule has 42 heavy (non-hydrogen) atoms. The van der Waals surface area contributed by atoms with Crippen LogP contribution in [0.25, 0.3) is 0 Å². The summed E-state index contributed by atoms with van der Waals surface area (Å²) in [7, 11) is 0. The molecule has 0 aromatic heterocycles. The summed E-state index contributed by atoms with van der Waals surface area (Å²) in [6.45, 7) is 7.15. The zero-order chi connectivity index (χ0) is 31.0. The molecule has 1 aliphatic carbocycles. The highest BCUT2D eigenvalue weighted by Gasteiger charge is 2.43. The van der Waals surface area contributed by atoms with Crippen molar-refractivity contribution in [2.75, 3.05) is 6.54 Å². The van der Waals surface area contributed by atoms with Crippen LogP contribution >= 0.6 is 0 Å². The number of nitrogens with two attached hydrogens (primary N) is 1. The van der Waals surface area contributed by atoms with E-state index in [1.165, 1.54) is 11.8 Å². The van der Waals surface area contributed by atoms with E-state index in [0.717, 1.165) is 24.8 Å². The molecule has 1 aliphatic heterocycles. The van der Waals surface area contributed by atoms with Crippen LogP contribution < -0.4 is 21.7 Å². The van der Waals surface area contributed by atoms with Gasteiger partial charge in [0, 0.05) is 6.54 Å². The van der Waals surface area contributed by atoms with Gasteiger partial charge in [-0.2, -0.15) is 0 Å². The summed E-state index contributed by atoms with van der Waals surface area (Å²) in [6, 6.07) is 4.46. The number of hydrogen-bond donors (Lipinski definition) is 4. The molecule has 2 fully saturated rings. The zero-order valence-electron chi connectivity index (χ0n) is 24.8. The predicted molar refractivity (Wildman–Crippen MR) is 153 cm³/mol. The van der Waals surface area contributed by atoms with E-state index in [0.29, 0.717) is 19.3 Å². The minimum Gasteiger partial charge on any atom is -0.459 e. The number of ketones is 1. The summed E-state index contributed by atoms with van der Waals surface area (Å²) in [5.41, 5.74) is 5.29. The lowest BCUT2D eigenvalue weighted by Crippen LogP contribution is -2.60. The minimum absolute atomic E-state index is 0.0569. The Morgan fingerprint density at radius 3 is 2.21 bits per heavy atom. The van der Waals surface area contributed by atoms with Gasteiger partial charge in [-0.25, -0.2) is 9.59 Å². The molecule has 1 aromatic carbocycles. The maximum absolute atomic E-state index is 13.8. The maximum Gasteiger partial charge on any atom is 0.328 e. The van der Waals surface area contributed by atoms with E-state index >= 15 is 0 Å². The Hall–Kier alpha value is -3.96. The van der Waals surface area contributed by atoms with Crippen LogP contribution in [0.4, 0.5) is 4.79 Å². The van der Waals surface area contributed by atoms with Crippen molar-refractivity contribution in [1.29, 1.82) is 0 Å². The number of rotatable bonds is 12. The van der Waals surface area contributed by atoms with Crippen LogP contribution in [0.2, 0.25) is 0 Å². The summed E-state index contributed by atoms with van der Waals surface area (Å²) < 4.78 is 5.28. The molecule has 1 aromatic rings. The molecular formula is C30H43N5O7. The number of amides is 5. The second kappa shape index (κ2) is 14.3. The first-order valence-electron chi connectivity index (χ1n) is 14.5. The highest BCUT2D eigenvalue weighted by Crippen LogP contribution is 2.31. The van der Waals surface area contributed by atoms with Crippen molar-refractivity contribution < 1.29 is 33.5 Å². The van der Waals surface area contributed by atoms with Crippen molar-refractivity contribution in [2.24, 2.45) is 17.1 Å². The third-order valence-electron chi connectivity index (χ3n) is 7.82. The fourth-order valence-electron chi connectivity index (χ4n) is 5.13. The molecule has 2 aliphatic rings. The Morgan fingerprint density at radius 2 is 1.64 bits per heavy atom. The second-order valence-corrected chi connectivity index (χ2v) is 12.2. The molecule has 1 heterocycles. The van der Waals surface area contributed by atoms with Gasteiger partial charge in [0.1, 0.15) is 24.7 Å². The number of ether oxygens (including phenoxy) is 1. The van der Waals surface area contributed by atoms with Crippen LogP contribution in [0, 0.1) is 11.3 Å². The SMILES string of the molecule is CC(NC(=O)NC(C(=O)N1CCC[C@H]1C(=O)NC(CC1CCC1)C(=O)C(N)=O)C(C)(C)C)C(=O)OCc1ccccc1. The van der Waals surface area contributed by atoms with Gasteiger partial charge in [0.05, 0.1) is 6.04 Å². The van der Waals surface area contributed by atoms with Crippen molar-refractivity contribution in [1.82, 2.24) is 20.9 Å². The molecule has 3 unspecified atom stereocenters. The highest BCUT2D eigenvalue weighted by molar-refractivity contribution is 6.37. The van der Waals surface area contributed by atoms with E-state index < -0.39 is 65.1 Å². The number of urea groups is 1. The molecule has 1 saturated carbocycles. The normalized spacial score (nSPS) is 19.0. The number of benzene rings is 1. The molecule has 0 radical (unpaired) electrons. The molecule has 12 heteroatoms. The van der Waals surface area contributed by atoms with Gasteiger partial charge < -0.3 is 31.3 Å². The first-order chi connectivity index (χ1) is 19.8. The largest absolute Gasteiger partial charge is 0.459 e. The van der Waals surface area contributed by atoms with Gasteiger partial charge in [0.2, 0.25) is 17.6 Å². The van der Waals surface area contributed by atoms with E-state index in [1.807, 2.05) is 30.3 Å². The second-order valence-electron chi connectivity index (χ2n) is 12.2. The van der Waals surface area contributed by atoms with Gasteiger partial charge in [-0.3, -0.25) is 19.2 Å². The highest BCUT2D eigenvalue weighted by atomic mass is 16.5. The maximum atomic E-state index is 13.8. The number of nitrogens with one attached hydrogen (secondary N) is 3. The van der Waals surface area contributed by atoms with E-state index in [1.54, 1.807) is 20.8 Å². The Kier molecular flexibility index (Phi) is 11.1. The van der Waals surface area contributed by atoms with E-state index in [2.05, 4.69) is 16.0 Å². The van der Waals surface area contributed by atoms with Crippen molar-refractivity contribution in [3.63, 3.8) is 0 Å². The summed E-state index contributed by atoms with van der Waals surface area (Å²) in [4.78, 5) is 77.8. The van der Waals surface area contributed by atoms with Crippen molar-refractivity contribution >= 4 is 35.5 Å². The van der Waals surface area contributed by atoms with Gasteiger partial charge in [-0.15, -0.1) is 0 Å². The number of carbonyl (C=O) groups excluding carboxylic acids is 6. The third kappa shape index (κ3) is 8.77. The van der Waals surface area contributed by atoms with Crippen LogP contribution in [0.3, 0.4) is 0 Å². The molecule has 12 nitrogen and oxygen atoms in total. The van der Waals surface area contributed by atoms with Gasteiger partial charge in [0.15, 0.2) is 0 Å². The standard InChI is InChI=1S/C30H43N5O7/c1-18(28(40)42-17-20-10-6-5-7-11-20)32-29(41)34-24(30(2,3)4)27(39)35-15-9-14-22(35)26(38)33-21(23(36)25(31)37)16-19-12-8-13-19/h5-7,10-11,18-19,21-22,24H,8-9,12-17H2,1-4H3,(H2,31,37)(H,33,38)(H2,32,34,41)/t18?,21?,22-,24?/m0/s1. The topological polar surface area (TPSA) is 177 Å². The van der Waals surface area contributed by atoms with Crippen LogP contribution in [0.1, 0.15) is 71.8 Å². The zero-order valence-corrected chi connectivity index (χ0v) is 24.8. The molecule has 5 N–H and O–H groups in total. The Balaban J connectivity index is 1.62. The Bertz CT molecular complexity index is 1160. The number of likely N-dealkylation sites (tertiary alicyclic amines) is 1. The molecule has 3 rings (SSSR count). The van der Waals surface area contributed by atoms with E-state index in [-0.39, 0.29) is 19.1 Å². The average molecular weight is 586 g/mol. The van der Waals surface area contributed by atoms with E-state index in [4.69, 9.17) is 10.5 Å². The van der Waals surface area contributed by atoms with Crippen molar-refractivity contribution in [3.05, 3.63) is 35.9 Å². The predicted octanol–water partition coefficient (Wildman–Crippen LogP) is 1.55. The summed E-state index contributed by atoms with van der Waals surface area (Å²) >= 11 is 0. The average Bonchev–Trinajstić information content (AvgIpc) is 3.41. The van der Waals surface area contributed by atoms with Crippen LogP contribution in [0.5, 0.6) is 0 Å². The lowest BCUT2D eigenvalue weighted by atomic mass is 9.80. The van der Waals surface area contributed by atoms with Crippen LogP contribution in [0.15, 0.2) is 30.3 Å². The summed E-state index contributed by atoms with van der Waals surface area (Å²) in [5.74, 6) is -3.37. The summed E-state index contributed by atoms with van der Waals surface area (Å²) in [5, 5.41) is 7.86. The third-order valence-corrected chi connectivity index (χ3v) is 7.82. The lowest BCUT2D eigenvalue weighted by Gasteiger charge is -2.36. The molecule has 1 saturated heterocycles. The van der Waals surface area contributed by atoms with Crippen molar-refractivity contribution in [2.45, 2.75) is 97.0 Å². The monoisotopic (exact) mass is 585 g/mol. The first-order valence-corrected chi connectivity index (χ1v) is 14.5. The minimum atomic E-state index is -1.11. The number of hydrogen-bond acceptors (Lipinski definition) is 7. The Morgan fingerprint density at radius 1 is 0.976 bits per heavy atom. The van der Waals surface area contributed by atoms with E-state index in [9.17, 15) is 28.8 Å². The van der Waals surface area contributed by atoms with Crippen molar-refractivity contribution in [3.8, 4) is 0 Å². The number of esters is 1. The van der Waals surface area contributed by atoms with Crippen LogP contribution in [-0.2, 0) is 35.3 Å². The fourth-order valence-corrected chi connectivity index (χ4v) is 5.13. The van der Waals surface area contributed by atoms with Gasteiger partial charge in [-0.05, 0) is 43.1 Å². The number of carbonyl (C=O) groups is 6. The van der Waals surface area contributed by atoms with Crippen LogP contribution in [-0.4, -0.2) is 71.1 Å². The molecule has 230 valence electrons. The quantitative estimate of drug-likeness (QED) is 0.212. The molecule has 0 bridgehead atoms. The van der Waals surface area contributed by atoms with Gasteiger partial charge in [-0.1, -0.05) is 70.4 Å². The smallest absolute Gasteiger partial charge is 0.328 e. The number of nitrogens with zero attached hydrogens (tertiary/aromatic N) is 1. The molecule has 5 amide bonds. The van der Waals surface area contributed by atoms with Gasteiger partial charge in [0.25, 0.3) is 5.91 Å². The fraction of sp³-hybridized carbons (Fsp3) is 0.600. The molecule has 0 spiro atoms. The lowest BCUT2D eigenvalue weighted by molar-refractivity contribution is -0.146. The first kappa shape index (κ1) is 32.6. The number of Topliss-reactive ketones (excluding diaryl/α,β-unsaturated/α-hetero) is 1. The molecular weight excluding hydrogens is 542 g/mol. The Labute approximate surface area is 246 Å². The molecule has 4 atom stereocenters. The van der Waals surface area contributed by atoms with Gasteiger partial charge >= 0.3 is 12.0 Å². The summed E-state index contributed by atoms with van der Waals surface area (Å²) in [6.07, 6.45) is 4.10.